The van der Waals surface area contributed by atoms with Crippen molar-refractivity contribution < 1.29 is 8.78 Å². The number of nitrogens with two attached hydrogens (primary N) is 1. The van der Waals surface area contributed by atoms with Gasteiger partial charge in [0.2, 0.25) is 0 Å². The molecule has 0 radical (unpaired) electrons. The van der Waals surface area contributed by atoms with Crippen LogP contribution in [0.3, 0.4) is 0 Å². The van der Waals surface area contributed by atoms with Crippen molar-refractivity contribution in [2.24, 2.45) is 0 Å². The van der Waals surface area contributed by atoms with E-state index in [9.17, 15) is 8.78 Å². The minimum atomic E-state index is -0.556. The van der Waals surface area contributed by atoms with E-state index in [1.807, 2.05) is 0 Å². The smallest absolute Gasteiger partial charge is 0.126 e. The molecular formula is C13H13F2N3. The van der Waals surface area contributed by atoms with Gasteiger partial charge in [-0.25, -0.2) is 13.8 Å². The Hall–Kier alpha value is -2.17. The summed E-state index contributed by atoms with van der Waals surface area (Å²) in [6.45, 7) is 0.564. The second kappa shape index (κ2) is 5.44. The van der Waals surface area contributed by atoms with Crippen LogP contribution in [0.2, 0.25) is 0 Å². The highest BCUT2D eigenvalue weighted by atomic mass is 19.1. The fourth-order valence-electron chi connectivity index (χ4n) is 1.62. The first-order valence-corrected chi connectivity index (χ1v) is 5.54. The average Bonchev–Trinajstić information content (AvgIpc) is 2.30. The van der Waals surface area contributed by atoms with Gasteiger partial charge >= 0.3 is 0 Å². The van der Waals surface area contributed by atoms with Gasteiger partial charge in [0.15, 0.2) is 0 Å². The van der Waals surface area contributed by atoms with E-state index in [0.717, 1.165) is 11.8 Å². The van der Waals surface area contributed by atoms with Crippen LogP contribution in [-0.2, 0) is 6.42 Å². The summed E-state index contributed by atoms with van der Waals surface area (Å²) in [5.74, 6) is -0.661. The second-order valence-corrected chi connectivity index (χ2v) is 3.93. The van der Waals surface area contributed by atoms with Gasteiger partial charge in [0, 0.05) is 12.6 Å². The molecule has 2 rings (SSSR count). The van der Waals surface area contributed by atoms with Gasteiger partial charge < -0.3 is 11.1 Å². The number of hydrogen-bond donors (Lipinski definition) is 2. The van der Waals surface area contributed by atoms with E-state index < -0.39 is 11.6 Å². The Bertz CT molecular complexity index is 506. The van der Waals surface area contributed by atoms with Crippen molar-refractivity contribution in [2.45, 2.75) is 6.42 Å². The lowest BCUT2D eigenvalue weighted by Crippen LogP contribution is -2.06. The highest BCUT2D eigenvalue weighted by Crippen LogP contribution is 2.10. The monoisotopic (exact) mass is 249 g/mol. The molecule has 0 atom stereocenters. The number of rotatable bonds is 4. The first-order chi connectivity index (χ1) is 8.63. The number of benzene rings is 1. The van der Waals surface area contributed by atoms with Gasteiger partial charge in [0.05, 0.1) is 11.9 Å². The van der Waals surface area contributed by atoms with Gasteiger partial charge in [-0.05, 0) is 36.2 Å². The minimum Gasteiger partial charge on any atom is -0.384 e. The Morgan fingerprint density at radius 1 is 1.11 bits per heavy atom. The van der Waals surface area contributed by atoms with E-state index in [1.165, 1.54) is 12.1 Å². The molecule has 3 N–H and O–H groups in total. The molecule has 0 spiro atoms. The second-order valence-electron chi connectivity index (χ2n) is 3.93. The number of nitrogens with one attached hydrogen (secondary N) is 1. The van der Waals surface area contributed by atoms with Crippen molar-refractivity contribution >= 4 is 11.5 Å². The molecule has 1 aromatic heterocycles. The first-order valence-electron chi connectivity index (χ1n) is 5.54. The molecule has 0 bridgehead atoms. The lowest BCUT2D eigenvalue weighted by Gasteiger charge is -2.06. The molecule has 2 aromatic rings. The molecule has 0 saturated heterocycles. The summed E-state index contributed by atoms with van der Waals surface area (Å²) in [5.41, 5.74) is 6.89. The molecule has 1 aromatic carbocycles. The molecule has 0 amide bonds. The molecule has 0 aliphatic heterocycles. The van der Waals surface area contributed by atoms with Crippen LogP contribution in [0.15, 0.2) is 36.5 Å². The fraction of sp³-hybridized carbons (Fsp3) is 0.154. The first kappa shape index (κ1) is 12.3. The standard InChI is InChI=1S/C13H13F2N3/c14-10-5-9(6-11(15)7-10)3-4-17-12-1-2-13(16)18-8-12/h1-2,5-8,17H,3-4H2,(H2,16,18). The highest BCUT2D eigenvalue weighted by Gasteiger charge is 2.00. The van der Waals surface area contributed by atoms with E-state index in [1.54, 1.807) is 18.3 Å². The van der Waals surface area contributed by atoms with Gasteiger partial charge in [-0.3, -0.25) is 0 Å². The van der Waals surface area contributed by atoms with Crippen molar-refractivity contribution in [3.8, 4) is 0 Å². The zero-order valence-electron chi connectivity index (χ0n) is 9.66. The van der Waals surface area contributed by atoms with E-state index >= 15 is 0 Å². The normalized spacial score (nSPS) is 10.3. The summed E-state index contributed by atoms with van der Waals surface area (Å²) < 4.78 is 25.9. The zero-order valence-corrected chi connectivity index (χ0v) is 9.66. The Morgan fingerprint density at radius 3 is 2.44 bits per heavy atom. The molecule has 0 unspecified atom stereocenters. The average molecular weight is 249 g/mol. The van der Waals surface area contributed by atoms with Crippen LogP contribution in [0, 0.1) is 11.6 Å². The molecule has 94 valence electrons. The number of anilines is 2. The maximum atomic E-state index is 12.9. The number of hydrogen-bond acceptors (Lipinski definition) is 3. The Balaban J connectivity index is 1.90. The summed E-state index contributed by atoms with van der Waals surface area (Å²) in [6, 6.07) is 7.00. The Labute approximate surface area is 104 Å². The predicted molar refractivity (Wildman–Crippen MR) is 67.2 cm³/mol. The topological polar surface area (TPSA) is 50.9 Å². The van der Waals surface area contributed by atoms with Gasteiger partial charge in [-0.1, -0.05) is 0 Å². The molecule has 0 saturated carbocycles. The third kappa shape index (κ3) is 3.41. The van der Waals surface area contributed by atoms with E-state index in [4.69, 9.17) is 5.73 Å². The van der Waals surface area contributed by atoms with Crippen LogP contribution in [-0.4, -0.2) is 11.5 Å². The summed E-state index contributed by atoms with van der Waals surface area (Å²) in [7, 11) is 0. The summed E-state index contributed by atoms with van der Waals surface area (Å²) in [6.07, 6.45) is 2.14. The van der Waals surface area contributed by atoms with Crippen molar-refractivity contribution in [3.05, 3.63) is 53.7 Å². The molecule has 0 aliphatic rings. The number of pyridine rings is 1. The van der Waals surface area contributed by atoms with Gasteiger partial charge in [-0.2, -0.15) is 0 Å². The van der Waals surface area contributed by atoms with Crippen LogP contribution in [0.1, 0.15) is 5.56 Å². The van der Waals surface area contributed by atoms with Crippen LogP contribution in [0.25, 0.3) is 0 Å². The van der Waals surface area contributed by atoms with Crippen molar-refractivity contribution in [3.63, 3.8) is 0 Å². The van der Waals surface area contributed by atoms with Crippen LogP contribution < -0.4 is 11.1 Å². The number of nitrogen functional groups attached to an aromatic ring is 1. The molecule has 18 heavy (non-hydrogen) atoms. The van der Waals surface area contributed by atoms with E-state index in [2.05, 4.69) is 10.3 Å². The molecule has 3 nitrogen and oxygen atoms in total. The summed E-state index contributed by atoms with van der Waals surface area (Å²) in [4.78, 5) is 3.93. The summed E-state index contributed by atoms with van der Waals surface area (Å²) >= 11 is 0. The van der Waals surface area contributed by atoms with Crippen LogP contribution >= 0.6 is 0 Å². The van der Waals surface area contributed by atoms with Crippen LogP contribution in [0.4, 0.5) is 20.3 Å². The molecule has 5 heteroatoms. The Kier molecular flexibility index (Phi) is 3.72. The summed E-state index contributed by atoms with van der Waals surface area (Å²) in [5, 5.41) is 3.10. The number of halogens is 2. The van der Waals surface area contributed by atoms with Crippen LogP contribution in [0.5, 0.6) is 0 Å². The Morgan fingerprint density at radius 2 is 1.83 bits per heavy atom. The van der Waals surface area contributed by atoms with Gasteiger partial charge in [-0.15, -0.1) is 0 Å². The minimum absolute atomic E-state index is 0.452. The molecule has 0 aliphatic carbocycles. The van der Waals surface area contributed by atoms with E-state index in [-0.39, 0.29) is 0 Å². The van der Waals surface area contributed by atoms with Crippen molar-refractivity contribution in [1.29, 1.82) is 0 Å². The quantitative estimate of drug-likeness (QED) is 0.875. The number of nitrogens with zero attached hydrogens (tertiary/aromatic N) is 1. The van der Waals surface area contributed by atoms with Crippen molar-refractivity contribution in [2.75, 3.05) is 17.6 Å². The predicted octanol–water partition coefficient (Wildman–Crippen LogP) is 2.60. The third-order valence-electron chi connectivity index (χ3n) is 2.45. The maximum absolute atomic E-state index is 12.9. The zero-order chi connectivity index (χ0) is 13.0. The molecular weight excluding hydrogens is 236 g/mol. The lowest BCUT2D eigenvalue weighted by molar-refractivity contribution is 0.580. The maximum Gasteiger partial charge on any atom is 0.126 e. The van der Waals surface area contributed by atoms with E-state index in [0.29, 0.717) is 24.3 Å². The lowest BCUT2D eigenvalue weighted by atomic mass is 10.1. The SMILES string of the molecule is Nc1ccc(NCCc2cc(F)cc(F)c2)cn1. The number of aromatic nitrogens is 1. The highest BCUT2D eigenvalue weighted by molar-refractivity contribution is 5.45. The van der Waals surface area contributed by atoms with Crippen molar-refractivity contribution in [1.82, 2.24) is 4.98 Å². The molecule has 0 fully saturated rings. The van der Waals surface area contributed by atoms with Gasteiger partial charge in [0.25, 0.3) is 0 Å². The fourth-order valence-corrected chi connectivity index (χ4v) is 1.62. The molecule has 1 heterocycles. The van der Waals surface area contributed by atoms with Gasteiger partial charge in [0.1, 0.15) is 17.5 Å². The largest absolute Gasteiger partial charge is 0.384 e. The third-order valence-corrected chi connectivity index (χ3v) is 2.45.